The number of amides is 2. The van der Waals surface area contributed by atoms with Crippen LogP contribution in [0.5, 0.6) is 5.75 Å². The number of benzene rings is 1. The van der Waals surface area contributed by atoms with E-state index in [1.54, 1.807) is 14.0 Å². The van der Waals surface area contributed by atoms with Crippen LogP contribution in [0.15, 0.2) is 18.2 Å². The topological polar surface area (TPSA) is 92.8 Å². The smallest absolute Gasteiger partial charge is 0.244 e. The van der Waals surface area contributed by atoms with E-state index in [0.717, 1.165) is 25.0 Å². The predicted octanol–water partition coefficient (Wildman–Crippen LogP) is 1.27. The van der Waals surface area contributed by atoms with Gasteiger partial charge in [0.15, 0.2) is 9.84 Å². The summed E-state index contributed by atoms with van der Waals surface area (Å²) < 4.78 is 28.3. The molecule has 1 aromatic rings. The summed E-state index contributed by atoms with van der Waals surface area (Å²) in [5.74, 6) is 0.559. The molecule has 1 fully saturated rings. The van der Waals surface area contributed by atoms with E-state index in [9.17, 15) is 18.0 Å². The maximum atomic E-state index is 12.5. The number of rotatable bonds is 5. The molecule has 0 radical (unpaired) electrons. The summed E-state index contributed by atoms with van der Waals surface area (Å²) >= 11 is 0. The van der Waals surface area contributed by atoms with Gasteiger partial charge in [-0.1, -0.05) is 6.07 Å². The highest BCUT2D eigenvalue weighted by molar-refractivity contribution is 7.91. The molecule has 0 saturated carbocycles. The molecular weight excluding hydrogens is 380 g/mol. The van der Waals surface area contributed by atoms with Gasteiger partial charge in [0.05, 0.1) is 18.6 Å². The second-order valence-electron chi connectivity index (χ2n) is 7.62. The quantitative estimate of drug-likeness (QED) is 0.792. The molecule has 2 atom stereocenters. The minimum atomic E-state index is -3.04. The lowest BCUT2D eigenvalue weighted by molar-refractivity contribution is -0.135. The van der Waals surface area contributed by atoms with Crippen LogP contribution >= 0.6 is 0 Å². The highest BCUT2D eigenvalue weighted by Crippen LogP contribution is 2.35. The van der Waals surface area contributed by atoms with Crippen LogP contribution in [0.1, 0.15) is 43.2 Å². The molecule has 28 heavy (non-hydrogen) atoms. The number of methoxy groups -OCH3 is 1. The van der Waals surface area contributed by atoms with Gasteiger partial charge in [0.1, 0.15) is 11.8 Å². The van der Waals surface area contributed by atoms with Crippen LogP contribution in [-0.2, 0) is 25.8 Å². The number of nitrogens with zero attached hydrogens (tertiary/aromatic N) is 1. The van der Waals surface area contributed by atoms with Crippen molar-refractivity contribution in [3.63, 3.8) is 0 Å². The lowest BCUT2D eigenvalue weighted by Gasteiger charge is -2.30. The molecule has 1 aliphatic heterocycles. The first-order valence-corrected chi connectivity index (χ1v) is 11.6. The van der Waals surface area contributed by atoms with E-state index in [1.165, 1.54) is 16.0 Å². The normalized spacial score (nSPS) is 22.1. The molecule has 3 rings (SSSR count). The van der Waals surface area contributed by atoms with E-state index >= 15 is 0 Å². The summed E-state index contributed by atoms with van der Waals surface area (Å²) in [4.78, 5) is 26.6. The fourth-order valence-electron chi connectivity index (χ4n) is 4.02. The Morgan fingerprint density at radius 3 is 2.68 bits per heavy atom. The standard InChI is InChI=1S/C20H28N2O5S/c1-14(20(24)22-8-10-28(25,26)11-9-22)21-19(23)13-16-5-3-4-15-12-17(27-2)6-7-18(15)16/h6-7,12,14,16H,3-5,8-11,13H2,1-2H3,(H,21,23). The van der Waals surface area contributed by atoms with Crippen LogP contribution in [0.25, 0.3) is 0 Å². The van der Waals surface area contributed by atoms with Gasteiger partial charge in [-0.25, -0.2) is 8.42 Å². The summed E-state index contributed by atoms with van der Waals surface area (Å²) in [5, 5.41) is 2.79. The average Bonchev–Trinajstić information content (AvgIpc) is 2.67. The Morgan fingerprint density at radius 1 is 1.29 bits per heavy atom. The first-order chi connectivity index (χ1) is 13.3. The molecule has 2 unspecified atom stereocenters. The number of hydrogen-bond acceptors (Lipinski definition) is 5. The van der Waals surface area contributed by atoms with Gasteiger partial charge in [0.25, 0.3) is 0 Å². The molecule has 1 aromatic carbocycles. The van der Waals surface area contributed by atoms with E-state index in [4.69, 9.17) is 4.74 Å². The van der Waals surface area contributed by atoms with Gasteiger partial charge in [0.2, 0.25) is 11.8 Å². The maximum absolute atomic E-state index is 12.5. The zero-order valence-corrected chi connectivity index (χ0v) is 17.3. The minimum absolute atomic E-state index is 0.0122. The molecule has 2 amide bonds. The van der Waals surface area contributed by atoms with E-state index in [0.29, 0.717) is 6.42 Å². The SMILES string of the molecule is COc1ccc2c(c1)CCCC2CC(=O)NC(C)C(=O)N1CCS(=O)(=O)CC1. The fraction of sp³-hybridized carbons (Fsp3) is 0.600. The van der Waals surface area contributed by atoms with Gasteiger partial charge < -0.3 is 15.0 Å². The van der Waals surface area contributed by atoms with Gasteiger partial charge >= 0.3 is 0 Å². The molecule has 1 heterocycles. The molecule has 0 aromatic heterocycles. The van der Waals surface area contributed by atoms with E-state index < -0.39 is 15.9 Å². The molecule has 2 aliphatic rings. The first kappa shape index (κ1) is 20.6. The summed E-state index contributed by atoms with van der Waals surface area (Å²) in [5.41, 5.74) is 2.41. The Labute approximate surface area is 166 Å². The van der Waals surface area contributed by atoms with Gasteiger partial charge in [-0.05, 0) is 55.4 Å². The number of ether oxygens (including phenoxy) is 1. The number of fused-ring (bicyclic) bond motifs is 1. The minimum Gasteiger partial charge on any atom is -0.497 e. The van der Waals surface area contributed by atoms with Crippen molar-refractivity contribution in [3.05, 3.63) is 29.3 Å². The lowest BCUT2D eigenvalue weighted by atomic mass is 9.81. The zero-order chi connectivity index (χ0) is 20.3. The van der Waals surface area contributed by atoms with E-state index in [2.05, 4.69) is 5.32 Å². The fourth-order valence-corrected chi connectivity index (χ4v) is 5.22. The van der Waals surface area contributed by atoms with Gasteiger partial charge in [0, 0.05) is 19.5 Å². The third-order valence-corrected chi connectivity index (χ3v) is 7.23. The number of sulfone groups is 1. The van der Waals surface area contributed by atoms with Gasteiger partial charge in [-0.15, -0.1) is 0 Å². The van der Waals surface area contributed by atoms with Gasteiger partial charge in [-0.2, -0.15) is 0 Å². The molecule has 0 bridgehead atoms. The summed E-state index contributed by atoms with van der Waals surface area (Å²) in [7, 11) is -1.40. The Bertz CT molecular complexity index is 838. The Morgan fingerprint density at radius 2 is 2.00 bits per heavy atom. The van der Waals surface area contributed by atoms with Crippen LogP contribution in [0.3, 0.4) is 0 Å². The van der Waals surface area contributed by atoms with Crippen molar-refractivity contribution in [2.45, 2.75) is 44.6 Å². The lowest BCUT2D eigenvalue weighted by Crippen LogP contribution is -2.51. The second kappa shape index (κ2) is 8.51. The molecule has 1 saturated heterocycles. The van der Waals surface area contributed by atoms with Crippen LogP contribution in [-0.4, -0.2) is 62.9 Å². The van der Waals surface area contributed by atoms with Crippen molar-refractivity contribution in [1.29, 1.82) is 0 Å². The highest BCUT2D eigenvalue weighted by Gasteiger charge is 2.29. The van der Waals surface area contributed by atoms with Crippen molar-refractivity contribution >= 4 is 21.7 Å². The predicted molar refractivity (Wildman–Crippen MR) is 106 cm³/mol. The van der Waals surface area contributed by atoms with Gasteiger partial charge in [-0.3, -0.25) is 9.59 Å². The second-order valence-corrected chi connectivity index (χ2v) is 9.93. The van der Waals surface area contributed by atoms with Crippen molar-refractivity contribution in [2.24, 2.45) is 0 Å². The third-order valence-electron chi connectivity index (χ3n) is 5.62. The monoisotopic (exact) mass is 408 g/mol. The average molecular weight is 409 g/mol. The van der Waals surface area contributed by atoms with Crippen LogP contribution in [0, 0.1) is 0 Å². The molecule has 7 nitrogen and oxygen atoms in total. The molecule has 1 N–H and O–H groups in total. The summed E-state index contributed by atoms with van der Waals surface area (Å²) in [6, 6.07) is 5.34. The van der Waals surface area contributed by atoms with Crippen molar-refractivity contribution in [2.75, 3.05) is 31.7 Å². The Hall–Kier alpha value is -2.09. The number of carbonyl (C=O) groups excluding carboxylic acids is 2. The Balaban J connectivity index is 1.56. The molecule has 8 heteroatoms. The number of aryl methyl sites for hydroxylation is 1. The van der Waals surface area contributed by atoms with E-state index in [-0.39, 0.29) is 42.3 Å². The maximum Gasteiger partial charge on any atom is 0.244 e. The zero-order valence-electron chi connectivity index (χ0n) is 16.4. The highest BCUT2D eigenvalue weighted by atomic mass is 32.2. The largest absolute Gasteiger partial charge is 0.497 e. The number of hydrogen-bond donors (Lipinski definition) is 1. The third kappa shape index (κ3) is 4.84. The molecular formula is C20H28N2O5S. The molecule has 154 valence electrons. The van der Waals surface area contributed by atoms with Crippen LogP contribution < -0.4 is 10.1 Å². The van der Waals surface area contributed by atoms with Crippen LogP contribution in [0.2, 0.25) is 0 Å². The number of carbonyl (C=O) groups is 2. The van der Waals surface area contributed by atoms with E-state index in [1.807, 2.05) is 18.2 Å². The Kier molecular flexibility index (Phi) is 6.27. The van der Waals surface area contributed by atoms with Crippen LogP contribution in [0.4, 0.5) is 0 Å². The van der Waals surface area contributed by atoms with Crippen molar-refractivity contribution < 1.29 is 22.7 Å². The summed E-state index contributed by atoms with van der Waals surface area (Å²) in [6.07, 6.45) is 3.29. The summed E-state index contributed by atoms with van der Waals surface area (Å²) in [6.45, 7) is 2.04. The van der Waals surface area contributed by atoms with Crippen molar-refractivity contribution in [1.82, 2.24) is 10.2 Å². The van der Waals surface area contributed by atoms with Crippen molar-refractivity contribution in [3.8, 4) is 5.75 Å². The molecule has 1 aliphatic carbocycles. The first-order valence-electron chi connectivity index (χ1n) is 9.74. The number of nitrogens with one attached hydrogen (secondary N) is 1. The molecule has 0 spiro atoms.